The summed E-state index contributed by atoms with van der Waals surface area (Å²) in [7, 11) is 0. The summed E-state index contributed by atoms with van der Waals surface area (Å²) in [6.45, 7) is 3.17. The number of hydrogen-bond acceptors (Lipinski definition) is 2. The Morgan fingerprint density at radius 2 is 2.05 bits per heavy atom. The van der Waals surface area contributed by atoms with Crippen molar-refractivity contribution in [1.82, 2.24) is 4.57 Å². The van der Waals surface area contributed by atoms with E-state index in [0.29, 0.717) is 18.7 Å². The Labute approximate surface area is 134 Å². The topological polar surface area (TPSA) is 38.0 Å². The molecule has 4 heteroatoms. The third kappa shape index (κ3) is 2.79. The third-order valence-corrected chi connectivity index (χ3v) is 4.06. The summed E-state index contributed by atoms with van der Waals surface area (Å²) >= 11 is 6.00. The maximum absolute atomic E-state index is 9.20. The third-order valence-electron chi connectivity index (χ3n) is 3.64. The summed E-state index contributed by atoms with van der Waals surface area (Å²) in [5, 5.41) is 10.9. The van der Waals surface area contributed by atoms with E-state index in [0.717, 1.165) is 27.2 Å². The average Bonchev–Trinajstić information content (AvgIpc) is 2.89. The molecule has 3 nitrogen and oxygen atoms in total. The summed E-state index contributed by atoms with van der Waals surface area (Å²) < 4.78 is 7.83. The molecule has 1 aromatic heterocycles. The molecule has 0 amide bonds. The van der Waals surface area contributed by atoms with Crippen molar-refractivity contribution >= 4 is 22.5 Å². The van der Waals surface area contributed by atoms with Crippen LogP contribution in [0.2, 0.25) is 5.02 Å². The van der Waals surface area contributed by atoms with Crippen LogP contribution in [0.5, 0.6) is 5.75 Å². The first kappa shape index (κ1) is 14.5. The number of nitrogens with zero attached hydrogens (tertiary/aromatic N) is 2. The molecule has 0 saturated carbocycles. The normalized spacial score (nSPS) is 10.6. The predicted octanol–water partition coefficient (Wildman–Crippen LogP) is 4.55. The van der Waals surface area contributed by atoms with E-state index in [1.807, 2.05) is 55.6 Å². The first-order chi connectivity index (χ1) is 10.7. The lowest BCUT2D eigenvalue weighted by atomic mass is 10.2. The Kier molecular flexibility index (Phi) is 4.04. The molecule has 0 saturated heterocycles. The van der Waals surface area contributed by atoms with Gasteiger partial charge in [-0.1, -0.05) is 29.8 Å². The van der Waals surface area contributed by atoms with Gasteiger partial charge in [0.25, 0.3) is 0 Å². The van der Waals surface area contributed by atoms with Gasteiger partial charge in [-0.3, -0.25) is 0 Å². The largest absolute Gasteiger partial charge is 0.492 e. The zero-order chi connectivity index (χ0) is 15.5. The molecule has 3 rings (SSSR count). The van der Waals surface area contributed by atoms with Gasteiger partial charge < -0.3 is 9.30 Å². The lowest BCUT2D eigenvalue weighted by molar-refractivity contribution is 0.300. The molecular formula is C18H15ClN2O. The lowest BCUT2D eigenvalue weighted by Gasteiger charge is -2.09. The molecule has 0 atom stereocenters. The van der Waals surface area contributed by atoms with E-state index in [1.54, 1.807) is 0 Å². The molecule has 0 fully saturated rings. The van der Waals surface area contributed by atoms with Crippen molar-refractivity contribution in [2.45, 2.75) is 13.5 Å². The second-order valence-corrected chi connectivity index (χ2v) is 5.53. The first-order valence-electron chi connectivity index (χ1n) is 7.06. The minimum absolute atomic E-state index is 0.532. The van der Waals surface area contributed by atoms with Crippen molar-refractivity contribution in [3.05, 3.63) is 64.8 Å². The van der Waals surface area contributed by atoms with Gasteiger partial charge in [0, 0.05) is 22.1 Å². The van der Waals surface area contributed by atoms with Crippen molar-refractivity contribution in [1.29, 1.82) is 5.26 Å². The summed E-state index contributed by atoms with van der Waals surface area (Å²) in [6.07, 6.45) is 1.88. The van der Waals surface area contributed by atoms with Crippen LogP contribution in [0.4, 0.5) is 0 Å². The van der Waals surface area contributed by atoms with E-state index >= 15 is 0 Å². The van der Waals surface area contributed by atoms with Gasteiger partial charge in [-0.2, -0.15) is 5.26 Å². The molecule has 0 bridgehead atoms. The maximum Gasteiger partial charge on any atom is 0.119 e. The number of aryl methyl sites for hydroxylation is 1. The van der Waals surface area contributed by atoms with Crippen LogP contribution < -0.4 is 4.74 Å². The zero-order valence-corrected chi connectivity index (χ0v) is 13.0. The Morgan fingerprint density at radius 1 is 1.23 bits per heavy atom. The molecule has 0 N–H and O–H groups in total. The Balaban J connectivity index is 1.74. The predicted molar refractivity (Wildman–Crippen MR) is 88.3 cm³/mol. The second-order valence-electron chi connectivity index (χ2n) is 5.12. The SMILES string of the molecule is Cc1cc(OCCn2cc(C#N)c3ccccc32)ccc1Cl. The van der Waals surface area contributed by atoms with Gasteiger partial charge in [-0.25, -0.2) is 0 Å². The highest BCUT2D eigenvalue weighted by Gasteiger charge is 2.07. The maximum atomic E-state index is 9.20. The van der Waals surface area contributed by atoms with Crippen molar-refractivity contribution < 1.29 is 4.74 Å². The Hall–Kier alpha value is -2.44. The molecule has 2 aromatic carbocycles. The van der Waals surface area contributed by atoms with Crippen LogP contribution in [-0.4, -0.2) is 11.2 Å². The fraction of sp³-hybridized carbons (Fsp3) is 0.167. The zero-order valence-electron chi connectivity index (χ0n) is 12.2. The first-order valence-corrected chi connectivity index (χ1v) is 7.44. The number of benzene rings is 2. The number of nitriles is 1. The van der Waals surface area contributed by atoms with Gasteiger partial charge in [0.1, 0.15) is 18.4 Å². The number of ether oxygens (including phenoxy) is 1. The van der Waals surface area contributed by atoms with Crippen molar-refractivity contribution in [3.63, 3.8) is 0 Å². The van der Waals surface area contributed by atoms with Crippen molar-refractivity contribution in [3.8, 4) is 11.8 Å². The molecule has 0 aliphatic rings. The van der Waals surface area contributed by atoms with E-state index < -0.39 is 0 Å². The summed E-state index contributed by atoms with van der Waals surface area (Å²) in [6, 6.07) is 15.8. The smallest absolute Gasteiger partial charge is 0.119 e. The number of rotatable bonds is 4. The van der Waals surface area contributed by atoms with Crippen LogP contribution in [0, 0.1) is 18.3 Å². The molecule has 1 heterocycles. The van der Waals surface area contributed by atoms with Crippen LogP contribution in [0.25, 0.3) is 10.9 Å². The highest BCUT2D eigenvalue weighted by Crippen LogP contribution is 2.22. The van der Waals surface area contributed by atoms with Crippen LogP contribution in [0.1, 0.15) is 11.1 Å². The number of hydrogen-bond donors (Lipinski definition) is 0. The number of para-hydroxylation sites is 1. The molecule has 22 heavy (non-hydrogen) atoms. The van der Waals surface area contributed by atoms with E-state index in [1.165, 1.54) is 0 Å². The lowest BCUT2D eigenvalue weighted by Crippen LogP contribution is -2.07. The van der Waals surface area contributed by atoms with Gasteiger partial charge >= 0.3 is 0 Å². The molecule has 0 unspecified atom stereocenters. The Bertz CT molecular complexity index is 861. The highest BCUT2D eigenvalue weighted by molar-refractivity contribution is 6.31. The van der Waals surface area contributed by atoms with Gasteiger partial charge in [-0.15, -0.1) is 0 Å². The number of aromatic nitrogens is 1. The van der Waals surface area contributed by atoms with E-state index in [4.69, 9.17) is 16.3 Å². The number of halogens is 1. The quantitative estimate of drug-likeness (QED) is 0.709. The van der Waals surface area contributed by atoms with Crippen LogP contribution >= 0.6 is 11.6 Å². The minimum Gasteiger partial charge on any atom is -0.492 e. The standard InChI is InChI=1S/C18H15ClN2O/c1-13-10-15(6-7-17(13)19)22-9-8-21-12-14(11-20)16-4-2-3-5-18(16)21/h2-7,10,12H,8-9H2,1H3. The molecule has 0 aliphatic heterocycles. The second kappa shape index (κ2) is 6.13. The van der Waals surface area contributed by atoms with Gasteiger partial charge in [0.2, 0.25) is 0 Å². The number of fused-ring (bicyclic) bond motifs is 1. The summed E-state index contributed by atoms with van der Waals surface area (Å²) in [5.74, 6) is 0.805. The molecule has 0 spiro atoms. The fourth-order valence-electron chi connectivity index (χ4n) is 2.49. The Morgan fingerprint density at radius 3 is 2.82 bits per heavy atom. The van der Waals surface area contributed by atoms with Gasteiger partial charge in [0.15, 0.2) is 0 Å². The van der Waals surface area contributed by atoms with Crippen molar-refractivity contribution in [2.24, 2.45) is 0 Å². The van der Waals surface area contributed by atoms with Gasteiger partial charge in [0.05, 0.1) is 12.1 Å². The fourth-order valence-corrected chi connectivity index (χ4v) is 2.61. The molecule has 110 valence electrons. The van der Waals surface area contributed by atoms with E-state index in [-0.39, 0.29) is 0 Å². The molecule has 0 radical (unpaired) electrons. The minimum atomic E-state index is 0.532. The van der Waals surface area contributed by atoms with E-state index in [9.17, 15) is 5.26 Å². The van der Waals surface area contributed by atoms with Crippen molar-refractivity contribution in [2.75, 3.05) is 6.61 Å². The summed E-state index contributed by atoms with van der Waals surface area (Å²) in [4.78, 5) is 0. The molecule has 3 aromatic rings. The van der Waals surface area contributed by atoms with Crippen LogP contribution in [0.3, 0.4) is 0 Å². The summed E-state index contributed by atoms with van der Waals surface area (Å²) in [5.41, 5.74) is 2.74. The average molecular weight is 311 g/mol. The monoisotopic (exact) mass is 310 g/mol. The highest BCUT2D eigenvalue weighted by atomic mass is 35.5. The van der Waals surface area contributed by atoms with Gasteiger partial charge in [-0.05, 0) is 36.8 Å². The van der Waals surface area contributed by atoms with Crippen LogP contribution in [0.15, 0.2) is 48.7 Å². The van der Waals surface area contributed by atoms with E-state index in [2.05, 4.69) is 10.6 Å². The van der Waals surface area contributed by atoms with Crippen LogP contribution in [-0.2, 0) is 6.54 Å². The molecular weight excluding hydrogens is 296 g/mol. The molecule has 0 aliphatic carbocycles.